The third-order valence-electron chi connectivity index (χ3n) is 3.67. The smallest absolute Gasteiger partial charge is 0.119 e. The lowest BCUT2D eigenvalue weighted by Crippen LogP contribution is -2.16. The number of hydrogen-bond donors (Lipinski definition) is 1. The molecule has 2 heteroatoms. The van der Waals surface area contributed by atoms with Gasteiger partial charge in [-0.25, -0.2) is 0 Å². The van der Waals surface area contributed by atoms with Crippen LogP contribution in [0, 0.1) is 13.8 Å². The van der Waals surface area contributed by atoms with Gasteiger partial charge in [0.2, 0.25) is 0 Å². The Morgan fingerprint density at radius 2 is 1.70 bits per heavy atom. The summed E-state index contributed by atoms with van der Waals surface area (Å²) < 4.78 is 5.80. The third-order valence-corrected chi connectivity index (χ3v) is 3.67. The second kappa shape index (κ2) is 7.11. The van der Waals surface area contributed by atoms with Gasteiger partial charge in [0.05, 0.1) is 6.61 Å². The molecule has 0 saturated heterocycles. The minimum Gasteiger partial charge on any atom is -0.494 e. The van der Waals surface area contributed by atoms with Crippen LogP contribution in [0.4, 0.5) is 0 Å². The fourth-order valence-electron chi connectivity index (χ4n) is 2.40. The number of aryl methyl sites for hydroxylation is 2. The SMILES string of the molecule is Cc1ccc(OCCC(CN)c2ccccc2C)cc1. The lowest BCUT2D eigenvalue weighted by Gasteiger charge is -2.18. The molecule has 2 aromatic rings. The molecule has 20 heavy (non-hydrogen) atoms. The van der Waals surface area contributed by atoms with E-state index in [-0.39, 0.29) is 0 Å². The highest BCUT2D eigenvalue weighted by Gasteiger charge is 2.11. The molecule has 2 N–H and O–H groups in total. The second-order valence-electron chi connectivity index (χ2n) is 5.24. The lowest BCUT2D eigenvalue weighted by molar-refractivity contribution is 0.298. The maximum atomic E-state index is 5.92. The van der Waals surface area contributed by atoms with Crippen LogP contribution in [0.25, 0.3) is 0 Å². The van der Waals surface area contributed by atoms with E-state index in [4.69, 9.17) is 10.5 Å². The van der Waals surface area contributed by atoms with Crippen molar-refractivity contribution >= 4 is 0 Å². The van der Waals surface area contributed by atoms with E-state index in [2.05, 4.69) is 50.2 Å². The van der Waals surface area contributed by atoms with Gasteiger partial charge >= 0.3 is 0 Å². The fourth-order valence-corrected chi connectivity index (χ4v) is 2.40. The molecule has 0 aromatic heterocycles. The minimum atomic E-state index is 0.363. The Bertz CT molecular complexity index is 533. The van der Waals surface area contributed by atoms with Crippen molar-refractivity contribution < 1.29 is 4.74 Å². The monoisotopic (exact) mass is 269 g/mol. The van der Waals surface area contributed by atoms with Gasteiger partial charge in [-0.1, -0.05) is 42.0 Å². The standard InChI is InChI=1S/C18H23NO/c1-14-7-9-17(10-8-14)20-12-11-16(13-19)18-6-4-3-5-15(18)2/h3-10,16H,11-13,19H2,1-2H3. The first-order valence-electron chi connectivity index (χ1n) is 7.15. The van der Waals surface area contributed by atoms with Gasteiger partial charge in [0.1, 0.15) is 5.75 Å². The molecule has 0 saturated carbocycles. The molecule has 1 atom stereocenters. The van der Waals surface area contributed by atoms with Crippen LogP contribution in [0.2, 0.25) is 0 Å². The number of rotatable bonds is 6. The molecule has 0 amide bonds. The van der Waals surface area contributed by atoms with Crippen LogP contribution in [0.3, 0.4) is 0 Å². The molecular weight excluding hydrogens is 246 g/mol. The van der Waals surface area contributed by atoms with Crippen molar-refractivity contribution in [2.24, 2.45) is 5.73 Å². The summed E-state index contributed by atoms with van der Waals surface area (Å²) in [5.41, 5.74) is 9.80. The molecule has 2 rings (SSSR count). The zero-order valence-electron chi connectivity index (χ0n) is 12.3. The Kier molecular flexibility index (Phi) is 5.19. The topological polar surface area (TPSA) is 35.2 Å². The van der Waals surface area contributed by atoms with E-state index < -0.39 is 0 Å². The molecule has 0 aliphatic carbocycles. The zero-order valence-corrected chi connectivity index (χ0v) is 12.3. The summed E-state index contributed by atoms with van der Waals surface area (Å²) in [5, 5.41) is 0. The van der Waals surface area contributed by atoms with E-state index >= 15 is 0 Å². The van der Waals surface area contributed by atoms with E-state index in [1.165, 1.54) is 16.7 Å². The van der Waals surface area contributed by atoms with Gasteiger partial charge < -0.3 is 10.5 Å². The van der Waals surface area contributed by atoms with Gasteiger partial charge in [-0.05, 0) is 56.0 Å². The molecule has 0 aliphatic rings. The molecule has 0 fully saturated rings. The van der Waals surface area contributed by atoms with Gasteiger partial charge in [-0.15, -0.1) is 0 Å². The molecule has 0 radical (unpaired) electrons. The van der Waals surface area contributed by atoms with Crippen LogP contribution >= 0.6 is 0 Å². The van der Waals surface area contributed by atoms with Crippen LogP contribution in [0.15, 0.2) is 48.5 Å². The number of benzene rings is 2. The Morgan fingerprint density at radius 1 is 1.00 bits per heavy atom. The lowest BCUT2D eigenvalue weighted by atomic mass is 9.92. The number of nitrogens with two attached hydrogens (primary N) is 1. The van der Waals surface area contributed by atoms with E-state index in [0.717, 1.165) is 12.2 Å². The Hall–Kier alpha value is -1.80. The summed E-state index contributed by atoms with van der Waals surface area (Å²) in [5.74, 6) is 1.29. The molecule has 2 aromatic carbocycles. The van der Waals surface area contributed by atoms with Gasteiger partial charge in [0.15, 0.2) is 0 Å². The van der Waals surface area contributed by atoms with Crippen LogP contribution in [-0.4, -0.2) is 13.2 Å². The predicted octanol–water partition coefficient (Wildman–Crippen LogP) is 3.81. The van der Waals surface area contributed by atoms with Crippen LogP contribution in [0.1, 0.15) is 29.0 Å². The van der Waals surface area contributed by atoms with E-state index in [1.807, 2.05) is 12.1 Å². The van der Waals surface area contributed by atoms with Crippen molar-refractivity contribution in [3.8, 4) is 5.75 Å². The first-order valence-corrected chi connectivity index (χ1v) is 7.15. The first-order chi connectivity index (χ1) is 9.70. The third kappa shape index (κ3) is 3.84. The molecule has 0 spiro atoms. The van der Waals surface area contributed by atoms with Gasteiger partial charge in [0.25, 0.3) is 0 Å². The summed E-state index contributed by atoms with van der Waals surface area (Å²) >= 11 is 0. The van der Waals surface area contributed by atoms with Gasteiger partial charge in [0, 0.05) is 0 Å². The zero-order chi connectivity index (χ0) is 14.4. The average molecular weight is 269 g/mol. The van der Waals surface area contributed by atoms with E-state index in [9.17, 15) is 0 Å². The van der Waals surface area contributed by atoms with Gasteiger partial charge in [-0.3, -0.25) is 0 Å². The van der Waals surface area contributed by atoms with Crippen LogP contribution in [0.5, 0.6) is 5.75 Å². The second-order valence-corrected chi connectivity index (χ2v) is 5.24. The largest absolute Gasteiger partial charge is 0.494 e. The first kappa shape index (κ1) is 14.6. The molecule has 106 valence electrons. The quantitative estimate of drug-likeness (QED) is 0.865. The molecule has 1 unspecified atom stereocenters. The summed E-state index contributed by atoms with van der Waals surface area (Å²) in [6, 6.07) is 16.6. The van der Waals surface area contributed by atoms with Crippen molar-refractivity contribution in [1.29, 1.82) is 0 Å². The molecular formula is C18H23NO. The molecule has 0 heterocycles. The molecule has 2 nitrogen and oxygen atoms in total. The maximum absolute atomic E-state index is 5.92. The van der Waals surface area contributed by atoms with Gasteiger partial charge in [-0.2, -0.15) is 0 Å². The van der Waals surface area contributed by atoms with E-state index in [1.54, 1.807) is 0 Å². The van der Waals surface area contributed by atoms with Crippen molar-refractivity contribution in [2.75, 3.05) is 13.2 Å². The summed E-state index contributed by atoms with van der Waals surface area (Å²) in [4.78, 5) is 0. The van der Waals surface area contributed by atoms with Crippen LogP contribution in [-0.2, 0) is 0 Å². The highest BCUT2D eigenvalue weighted by atomic mass is 16.5. The number of hydrogen-bond acceptors (Lipinski definition) is 2. The van der Waals surface area contributed by atoms with Crippen molar-refractivity contribution in [3.63, 3.8) is 0 Å². The summed E-state index contributed by atoms with van der Waals surface area (Å²) in [6.07, 6.45) is 0.940. The molecule has 0 aliphatic heterocycles. The Balaban J connectivity index is 1.91. The Morgan fingerprint density at radius 3 is 2.35 bits per heavy atom. The normalized spacial score (nSPS) is 12.2. The summed E-state index contributed by atoms with van der Waals surface area (Å²) in [7, 11) is 0. The highest BCUT2D eigenvalue weighted by Crippen LogP contribution is 2.22. The van der Waals surface area contributed by atoms with Crippen molar-refractivity contribution in [3.05, 3.63) is 65.2 Å². The van der Waals surface area contributed by atoms with Crippen molar-refractivity contribution in [1.82, 2.24) is 0 Å². The van der Waals surface area contributed by atoms with E-state index in [0.29, 0.717) is 19.1 Å². The summed E-state index contributed by atoms with van der Waals surface area (Å²) in [6.45, 7) is 5.56. The van der Waals surface area contributed by atoms with Crippen molar-refractivity contribution in [2.45, 2.75) is 26.2 Å². The average Bonchev–Trinajstić information content (AvgIpc) is 2.47. The van der Waals surface area contributed by atoms with Crippen LogP contribution < -0.4 is 10.5 Å². The predicted molar refractivity (Wildman–Crippen MR) is 84.3 cm³/mol. The highest BCUT2D eigenvalue weighted by molar-refractivity contribution is 5.29. The minimum absolute atomic E-state index is 0.363. The maximum Gasteiger partial charge on any atom is 0.119 e. The number of ether oxygens (including phenoxy) is 1. The fraction of sp³-hybridized carbons (Fsp3) is 0.333. The molecule has 0 bridgehead atoms. The Labute approximate surface area is 121 Å².